The predicted octanol–water partition coefficient (Wildman–Crippen LogP) is 3.72. The molecule has 5 heteroatoms. The molecule has 0 spiro atoms. The number of rotatable bonds is 2. The first-order valence-corrected chi connectivity index (χ1v) is 5.12. The van der Waals surface area contributed by atoms with Crippen molar-refractivity contribution in [2.24, 2.45) is 0 Å². The largest absolute Gasteiger partial charge is 0.465 e. The van der Waals surface area contributed by atoms with Crippen molar-refractivity contribution in [2.45, 2.75) is 0 Å². The fourth-order valence-electron chi connectivity index (χ4n) is 1.61. The molecule has 0 aliphatic rings. The van der Waals surface area contributed by atoms with E-state index in [9.17, 15) is 13.6 Å². The molecule has 92 valence electrons. The van der Waals surface area contributed by atoms with Crippen LogP contribution in [0.1, 0.15) is 0 Å². The average molecular weight is 249 g/mol. The van der Waals surface area contributed by atoms with Gasteiger partial charge in [-0.3, -0.25) is 5.32 Å². The maximum absolute atomic E-state index is 13.2. The Kier molecular flexibility index (Phi) is 3.23. The maximum Gasteiger partial charge on any atom is 0.409 e. The van der Waals surface area contributed by atoms with Crippen LogP contribution in [-0.2, 0) is 0 Å². The average Bonchev–Trinajstić information content (AvgIpc) is 2.32. The van der Waals surface area contributed by atoms with E-state index in [0.29, 0.717) is 11.1 Å². The van der Waals surface area contributed by atoms with Crippen LogP contribution in [0.25, 0.3) is 11.1 Å². The predicted molar refractivity (Wildman–Crippen MR) is 63.4 cm³/mol. The highest BCUT2D eigenvalue weighted by molar-refractivity contribution is 5.90. The Morgan fingerprint density at radius 3 is 2.22 bits per heavy atom. The van der Waals surface area contributed by atoms with Crippen LogP contribution in [0.3, 0.4) is 0 Å². The number of hydrogen-bond acceptors (Lipinski definition) is 1. The van der Waals surface area contributed by atoms with Crippen LogP contribution >= 0.6 is 0 Å². The standard InChI is InChI=1S/C13H9F2NO2/c14-9-3-1-8(2-4-9)11-7-10(15)5-6-12(11)16-13(17)18/h1-7,16H,(H,17,18). The van der Waals surface area contributed by atoms with Crippen LogP contribution in [0.4, 0.5) is 19.3 Å². The van der Waals surface area contributed by atoms with Gasteiger partial charge in [0, 0.05) is 5.56 Å². The van der Waals surface area contributed by atoms with Gasteiger partial charge in [0.2, 0.25) is 0 Å². The quantitative estimate of drug-likeness (QED) is 0.852. The number of carbonyl (C=O) groups is 1. The van der Waals surface area contributed by atoms with E-state index >= 15 is 0 Å². The maximum atomic E-state index is 13.2. The molecule has 0 unspecified atom stereocenters. The van der Waals surface area contributed by atoms with Crippen molar-refractivity contribution in [3.05, 3.63) is 54.1 Å². The van der Waals surface area contributed by atoms with E-state index in [1.807, 2.05) is 0 Å². The third-order valence-corrected chi connectivity index (χ3v) is 2.38. The zero-order valence-electron chi connectivity index (χ0n) is 9.15. The third kappa shape index (κ3) is 2.63. The molecule has 0 heterocycles. The summed E-state index contributed by atoms with van der Waals surface area (Å²) in [5.41, 5.74) is 1.13. The Bertz CT molecular complexity index is 582. The van der Waals surface area contributed by atoms with Crippen LogP contribution in [0.2, 0.25) is 0 Å². The summed E-state index contributed by atoms with van der Waals surface area (Å²) in [6.45, 7) is 0. The number of amides is 1. The van der Waals surface area contributed by atoms with Gasteiger partial charge in [0.15, 0.2) is 0 Å². The lowest BCUT2D eigenvalue weighted by Crippen LogP contribution is -2.08. The summed E-state index contributed by atoms with van der Waals surface area (Å²) in [5.74, 6) is -0.909. The molecule has 0 aromatic heterocycles. The number of halogens is 2. The van der Waals surface area contributed by atoms with Crippen LogP contribution < -0.4 is 5.32 Å². The molecule has 0 aliphatic carbocycles. The first-order chi connectivity index (χ1) is 8.56. The number of nitrogens with one attached hydrogen (secondary N) is 1. The molecule has 2 N–H and O–H groups in total. The molecule has 0 fully saturated rings. The van der Waals surface area contributed by atoms with Gasteiger partial charge in [0.05, 0.1) is 5.69 Å². The molecule has 2 aromatic rings. The first-order valence-electron chi connectivity index (χ1n) is 5.12. The smallest absolute Gasteiger partial charge is 0.409 e. The van der Waals surface area contributed by atoms with E-state index in [-0.39, 0.29) is 5.69 Å². The van der Waals surface area contributed by atoms with Gasteiger partial charge in [-0.25, -0.2) is 13.6 Å². The fraction of sp³-hybridized carbons (Fsp3) is 0. The van der Waals surface area contributed by atoms with Crippen molar-refractivity contribution in [3.8, 4) is 11.1 Å². The van der Waals surface area contributed by atoms with E-state index in [4.69, 9.17) is 5.11 Å². The molecule has 3 nitrogen and oxygen atoms in total. The molecule has 0 radical (unpaired) electrons. The molecule has 0 saturated carbocycles. The summed E-state index contributed by atoms with van der Waals surface area (Å²) < 4.78 is 26.0. The highest BCUT2D eigenvalue weighted by Crippen LogP contribution is 2.29. The van der Waals surface area contributed by atoms with Crippen molar-refractivity contribution in [1.82, 2.24) is 0 Å². The minimum Gasteiger partial charge on any atom is -0.465 e. The lowest BCUT2D eigenvalue weighted by atomic mass is 10.0. The fourth-order valence-corrected chi connectivity index (χ4v) is 1.61. The summed E-state index contributed by atoms with van der Waals surface area (Å²) in [6, 6.07) is 9.03. The number of anilines is 1. The molecular formula is C13H9F2NO2. The second-order valence-electron chi connectivity index (χ2n) is 3.63. The molecule has 1 amide bonds. The molecular weight excluding hydrogens is 240 g/mol. The molecule has 0 aliphatic heterocycles. The Morgan fingerprint density at radius 1 is 1.00 bits per heavy atom. The minimum atomic E-state index is -1.25. The zero-order chi connectivity index (χ0) is 13.1. The number of carboxylic acid groups (broad SMARTS) is 1. The van der Waals surface area contributed by atoms with Crippen LogP contribution in [-0.4, -0.2) is 11.2 Å². The van der Waals surface area contributed by atoms with E-state index in [1.54, 1.807) is 0 Å². The van der Waals surface area contributed by atoms with Crippen LogP contribution in [0, 0.1) is 11.6 Å². The molecule has 2 aromatic carbocycles. The summed E-state index contributed by atoms with van der Waals surface area (Å²) in [5, 5.41) is 10.9. The Labute approximate surface area is 102 Å². The third-order valence-electron chi connectivity index (χ3n) is 2.38. The second kappa shape index (κ2) is 4.83. The highest BCUT2D eigenvalue weighted by Gasteiger charge is 2.09. The summed E-state index contributed by atoms with van der Waals surface area (Å²) in [6.07, 6.45) is -1.25. The van der Waals surface area contributed by atoms with E-state index in [1.165, 1.54) is 36.4 Å². The second-order valence-corrected chi connectivity index (χ2v) is 3.63. The van der Waals surface area contributed by atoms with Gasteiger partial charge in [-0.15, -0.1) is 0 Å². The lowest BCUT2D eigenvalue weighted by Gasteiger charge is -2.09. The number of benzene rings is 2. The normalized spacial score (nSPS) is 10.1. The van der Waals surface area contributed by atoms with Gasteiger partial charge in [-0.1, -0.05) is 12.1 Å². The molecule has 0 bridgehead atoms. The van der Waals surface area contributed by atoms with Crippen LogP contribution in [0.15, 0.2) is 42.5 Å². The van der Waals surface area contributed by atoms with Gasteiger partial charge in [0.1, 0.15) is 11.6 Å². The van der Waals surface area contributed by atoms with E-state index in [2.05, 4.69) is 5.32 Å². The molecule has 18 heavy (non-hydrogen) atoms. The Morgan fingerprint density at radius 2 is 1.61 bits per heavy atom. The monoisotopic (exact) mass is 249 g/mol. The van der Waals surface area contributed by atoms with E-state index < -0.39 is 17.7 Å². The van der Waals surface area contributed by atoms with Gasteiger partial charge in [-0.05, 0) is 35.9 Å². The van der Waals surface area contributed by atoms with Crippen molar-refractivity contribution in [2.75, 3.05) is 5.32 Å². The lowest BCUT2D eigenvalue weighted by molar-refractivity contribution is 0.210. The number of hydrogen-bond donors (Lipinski definition) is 2. The molecule has 0 atom stereocenters. The topological polar surface area (TPSA) is 49.3 Å². The highest BCUT2D eigenvalue weighted by atomic mass is 19.1. The van der Waals surface area contributed by atoms with E-state index in [0.717, 1.165) is 6.07 Å². The van der Waals surface area contributed by atoms with Gasteiger partial charge >= 0.3 is 6.09 Å². The zero-order valence-corrected chi connectivity index (χ0v) is 9.15. The van der Waals surface area contributed by atoms with Crippen molar-refractivity contribution < 1.29 is 18.7 Å². The molecule has 0 saturated heterocycles. The van der Waals surface area contributed by atoms with Gasteiger partial charge < -0.3 is 5.11 Å². The van der Waals surface area contributed by atoms with Crippen molar-refractivity contribution >= 4 is 11.8 Å². The summed E-state index contributed by atoms with van der Waals surface area (Å²) in [4.78, 5) is 10.6. The van der Waals surface area contributed by atoms with Crippen molar-refractivity contribution in [1.29, 1.82) is 0 Å². The summed E-state index contributed by atoms with van der Waals surface area (Å²) in [7, 11) is 0. The SMILES string of the molecule is O=C(O)Nc1ccc(F)cc1-c1ccc(F)cc1. The summed E-state index contributed by atoms with van der Waals surface area (Å²) >= 11 is 0. The van der Waals surface area contributed by atoms with Gasteiger partial charge in [-0.2, -0.15) is 0 Å². The minimum absolute atomic E-state index is 0.246. The Balaban J connectivity index is 2.50. The van der Waals surface area contributed by atoms with Crippen molar-refractivity contribution in [3.63, 3.8) is 0 Å². The first kappa shape index (κ1) is 12.0. The van der Waals surface area contributed by atoms with Gasteiger partial charge in [0.25, 0.3) is 0 Å². The molecule has 2 rings (SSSR count). The Hall–Kier alpha value is -2.43. The van der Waals surface area contributed by atoms with Crippen LogP contribution in [0.5, 0.6) is 0 Å².